The van der Waals surface area contributed by atoms with E-state index in [0.29, 0.717) is 13.1 Å². The van der Waals surface area contributed by atoms with Crippen LogP contribution in [-0.4, -0.2) is 65.9 Å². The zero-order valence-corrected chi connectivity index (χ0v) is 16.2. The van der Waals surface area contributed by atoms with Crippen molar-refractivity contribution in [1.82, 2.24) is 20.2 Å². The average Bonchev–Trinajstić information content (AvgIpc) is 2.61. The maximum absolute atomic E-state index is 13.0. The maximum Gasteiger partial charge on any atom is 0.238 e. The van der Waals surface area contributed by atoms with Crippen molar-refractivity contribution >= 4 is 11.8 Å². The molecule has 1 aromatic rings. The largest absolute Gasteiger partial charge is 0.333 e. The van der Waals surface area contributed by atoms with Crippen LogP contribution >= 0.6 is 0 Å². The van der Waals surface area contributed by atoms with Crippen LogP contribution in [0.4, 0.5) is 0 Å². The van der Waals surface area contributed by atoms with Gasteiger partial charge < -0.3 is 4.90 Å². The molecule has 0 spiro atoms. The molecule has 1 N–H and O–H groups in total. The van der Waals surface area contributed by atoms with Gasteiger partial charge in [-0.2, -0.15) is 0 Å². The Kier molecular flexibility index (Phi) is 5.63. The Morgan fingerprint density at radius 3 is 2.62 bits per heavy atom. The Labute approximate surface area is 156 Å². The second-order valence-corrected chi connectivity index (χ2v) is 7.55. The fourth-order valence-corrected chi connectivity index (χ4v) is 4.27. The summed E-state index contributed by atoms with van der Waals surface area (Å²) in [5.41, 5.74) is 5.31. The maximum atomic E-state index is 13.0. The summed E-state index contributed by atoms with van der Waals surface area (Å²) in [5, 5.41) is 1.83. The normalized spacial score (nSPS) is 26.7. The van der Waals surface area contributed by atoms with E-state index in [0.717, 1.165) is 19.5 Å². The van der Waals surface area contributed by atoms with Crippen molar-refractivity contribution in [2.24, 2.45) is 5.92 Å². The number of aryl methyl sites for hydroxylation is 1. The summed E-state index contributed by atoms with van der Waals surface area (Å²) >= 11 is 0. The number of carbonyl (C=O) groups excluding carboxylic acids is 2. The van der Waals surface area contributed by atoms with E-state index in [1.807, 2.05) is 36.0 Å². The van der Waals surface area contributed by atoms with E-state index in [1.54, 1.807) is 0 Å². The quantitative estimate of drug-likeness (QED) is 0.888. The summed E-state index contributed by atoms with van der Waals surface area (Å²) in [7, 11) is 1.88. The van der Waals surface area contributed by atoms with Crippen molar-refractivity contribution < 1.29 is 9.59 Å². The molecule has 0 radical (unpaired) electrons. The minimum atomic E-state index is -0.108. The van der Waals surface area contributed by atoms with E-state index >= 15 is 0 Å². The van der Waals surface area contributed by atoms with Gasteiger partial charge in [-0.25, -0.2) is 5.01 Å². The van der Waals surface area contributed by atoms with Gasteiger partial charge in [0, 0.05) is 32.7 Å². The van der Waals surface area contributed by atoms with Crippen LogP contribution < -0.4 is 5.43 Å². The Hall–Kier alpha value is -1.92. The Bertz CT molecular complexity index is 678. The van der Waals surface area contributed by atoms with Crippen molar-refractivity contribution in [2.75, 3.05) is 33.2 Å². The van der Waals surface area contributed by atoms with Crippen molar-refractivity contribution in [3.8, 4) is 0 Å². The molecule has 0 aromatic heterocycles. The molecule has 0 saturated carbocycles. The highest BCUT2D eigenvalue weighted by atomic mass is 16.2. The standard InChI is InChI=1S/C20H30N4O2/c1-5-17(16-9-7-6-8-14(16)2)24-11-10-23(13-19(24)25)18-12-22(4)21-20(26)15(18)3/h6-9,15,17-18H,5,10-13H2,1-4H3,(H,21,26). The lowest BCUT2D eigenvalue weighted by molar-refractivity contribution is -0.146. The molecule has 1 aromatic carbocycles. The van der Waals surface area contributed by atoms with Gasteiger partial charge in [0.2, 0.25) is 11.8 Å². The van der Waals surface area contributed by atoms with Gasteiger partial charge in [-0.3, -0.25) is 19.9 Å². The van der Waals surface area contributed by atoms with E-state index in [9.17, 15) is 9.59 Å². The van der Waals surface area contributed by atoms with Crippen LogP contribution in [0.5, 0.6) is 0 Å². The lowest BCUT2D eigenvalue weighted by Gasteiger charge is -2.46. The highest BCUT2D eigenvalue weighted by Gasteiger charge is 2.39. The zero-order valence-electron chi connectivity index (χ0n) is 16.2. The first-order valence-electron chi connectivity index (χ1n) is 9.53. The van der Waals surface area contributed by atoms with Gasteiger partial charge in [0.05, 0.1) is 18.5 Å². The van der Waals surface area contributed by atoms with Gasteiger partial charge in [0.1, 0.15) is 0 Å². The van der Waals surface area contributed by atoms with Crippen LogP contribution in [0, 0.1) is 12.8 Å². The summed E-state index contributed by atoms with van der Waals surface area (Å²) in [6.07, 6.45) is 0.904. The molecule has 3 rings (SSSR count). The number of likely N-dealkylation sites (N-methyl/N-ethyl adjacent to an activating group) is 1. The fourth-order valence-electron chi connectivity index (χ4n) is 4.27. The first-order chi connectivity index (χ1) is 12.4. The van der Waals surface area contributed by atoms with Gasteiger partial charge in [0.25, 0.3) is 0 Å². The summed E-state index contributed by atoms with van der Waals surface area (Å²) in [5.74, 6) is 0.0843. The lowest BCUT2D eigenvalue weighted by Crippen LogP contribution is -2.64. The summed E-state index contributed by atoms with van der Waals surface area (Å²) in [6.45, 7) is 8.85. The Morgan fingerprint density at radius 1 is 1.23 bits per heavy atom. The second kappa shape index (κ2) is 7.76. The molecular formula is C20H30N4O2. The monoisotopic (exact) mass is 358 g/mol. The number of hydrogen-bond donors (Lipinski definition) is 1. The molecule has 3 atom stereocenters. The van der Waals surface area contributed by atoms with Gasteiger partial charge in [0.15, 0.2) is 0 Å². The first kappa shape index (κ1) is 18.9. The third-order valence-corrected chi connectivity index (χ3v) is 5.82. The predicted molar refractivity (Wildman–Crippen MR) is 101 cm³/mol. The number of nitrogens with zero attached hydrogens (tertiary/aromatic N) is 3. The number of rotatable bonds is 4. The Balaban J connectivity index is 1.73. The molecule has 2 aliphatic heterocycles. The zero-order chi connectivity index (χ0) is 18.8. The molecule has 26 heavy (non-hydrogen) atoms. The van der Waals surface area contributed by atoms with Gasteiger partial charge in [-0.15, -0.1) is 0 Å². The minimum Gasteiger partial charge on any atom is -0.333 e. The fraction of sp³-hybridized carbons (Fsp3) is 0.600. The summed E-state index contributed by atoms with van der Waals surface area (Å²) in [6, 6.07) is 8.53. The van der Waals surface area contributed by atoms with Gasteiger partial charge >= 0.3 is 0 Å². The van der Waals surface area contributed by atoms with Gasteiger partial charge in [-0.1, -0.05) is 38.1 Å². The van der Waals surface area contributed by atoms with Crippen LogP contribution in [0.3, 0.4) is 0 Å². The molecule has 0 aliphatic carbocycles. The number of benzene rings is 1. The number of piperazine rings is 1. The highest BCUT2D eigenvalue weighted by molar-refractivity contribution is 5.81. The lowest BCUT2D eigenvalue weighted by atomic mass is 9.95. The smallest absolute Gasteiger partial charge is 0.238 e. The molecule has 6 heteroatoms. The highest BCUT2D eigenvalue weighted by Crippen LogP contribution is 2.29. The van der Waals surface area contributed by atoms with E-state index in [2.05, 4.69) is 36.3 Å². The second-order valence-electron chi connectivity index (χ2n) is 7.55. The predicted octanol–water partition coefficient (Wildman–Crippen LogP) is 1.57. The first-order valence-corrected chi connectivity index (χ1v) is 9.53. The molecule has 2 fully saturated rings. The molecule has 2 aliphatic rings. The van der Waals surface area contributed by atoms with Crippen molar-refractivity contribution in [3.05, 3.63) is 35.4 Å². The van der Waals surface area contributed by atoms with Gasteiger partial charge in [-0.05, 0) is 24.5 Å². The summed E-state index contributed by atoms with van der Waals surface area (Å²) < 4.78 is 0. The number of carbonyl (C=O) groups is 2. The third kappa shape index (κ3) is 3.62. The van der Waals surface area contributed by atoms with Crippen LogP contribution in [0.1, 0.15) is 37.4 Å². The molecule has 0 bridgehead atoms. The summed E-state index contributed by atoms with van der Waals surface area (Å²) in [4.78, 5) is 29.3. The number of amides is 2. The molecule has 2 amide bonds. The van der Waals surface area contributed by atoms with E-state index < -0.39 is 0 Å². The SMILES string of the molecule is CCC(c1ccccc1C)N1CCN(C2CN(C)NC(=O)C2C)CC1=O. The molecule has 2 saturated heterocycles. The van der Waals surface area contributed by atoms with Crippen LogP contribution in [0.15, 0.2) is 24.3 Å². The average molecular weight is 358 g/mol. The molecule has 142 valence electrons. The number of nitrogens with one attached hydrogen (secondary N) is 1. The number of hydrazine groups is 1. The van der Waals surface area contributed by atoms with Crippen LogP contribution in [0.25, 0.3) is 0 Å². The molecule has 2 heterocycles. The van der Waals surface area contributed by atoms with E-state index in [1.165, 1.54) is 11.1 Å². The van der Waals surface area contributed by atoms with Crippen LogP contribution in [-0.2, 0) is 9.59 Å². The topological polar surface area (TPSA) is 55.9 Å². The van der Waals surface area contributed by atoms with Crippen molar-refractivity contribution in [1.29, 1.82) is 0 Å². The van der Waals surface area contributed by atoms with E-state index in [-0.39, 0.29) is 29.8 Å². The number of hydrogen-bond acceptors (Lipinski definition) is 4. The van der Waals surface area contributed by atoms with E-state index in [4.69, 9.17) is 0 Å². The third-order valence-electron chi connectivity index (χ3n) is 5.82. The molecular weight excluding hydrogens is 328 g/mol. The Morgan fingerprint density at radius 2 is 1.96 bits per heavy atom. The van der Waals surface area contributed by atoms with Crippen LogP contribution in [0.2, 0.25) is 0 Å². The van der Waals surface area contributed by atoms with Crippen molar-refractivity contribution in [2.45, 2.75) is 39.3 Å². The molecule has 3 unspecified atom stereocenters. The van der Waals surface area contributed by atoms with Crippen molar-refractivity contribution in [3.63, 3.8) is 0 Å². The molecule has 6 nitrogen and oxygen atoms in total. The minimum absolute atomic E-state index is 0.0324.